The van der Waals surface area contributed by atoms with Gasteiger partial charge in [0.15, 0.2) is 9.84 Å². The van der Waals surface area contributed by atoms with Crippen molar-refractivity contribution in [2.75, 3.05) is 24.6 Å². The predicted octanol–water partition coefficient (Wildman–Crippen LogP) is 1.53. The van der Waals surface area contributed by atoms with Crippen molar-refractivity contribution in [3.05, 3.63) is 16.1 Å². The van der Waals surface area contributed by atoms with Crippen molar-refractivity contribution in [2.24, 2.45) is 0 Å². The molecule has 3 heterocycles. The lowest BCUT2D eigenvalue weighted by atomic mass is 9.95. The SMILES string of the molecule is Cc1nc([C@H]2CCCN2CC2(O)CCS(=O)(=O)CC2)cs1. The number of β-amino-alcohol motifs (C(OH)–C–C–N with tert-alkyl or cyclic N) is 1. The standard InChI is InChI=1S/C14H22N2O3S2/c1-11-15-12(9-20-11)13-3-2-6-16(13)10-14(17)4-7-21(18,19)8-5-14/h9,13,17H,2-8,10H2,1H3/t13-/m1/s1. The minimum Gasteiger partial charge on any atom is -0.388 e. The minimum absolute atomic E-state index is 0.109. The van der Waals surface area contributed by atoms with Gasteiger partial charge in [0, 0.05) is 11.9 Å². The summed E-state index contributed by atoms with van der Waals surface area (Å²) in [6.45, 7) is 3.52. The van der Waals surface area contributed by atoms with E-state index in [0.717, 1.165) is 30.1 Å². The predicted molar refractivity (Wildman–Crippen MR) is 83.2 cm³/mol. The molecule has 0 radical (unpaired) electrons. The normalized spacial score (nSPS) is 28.8. The van der Waals surface area contributed by atoms with Gasteiger partial charge in [0.25, 0.3) is 0 Å². The highest BCUT2D eigenvalue weighted by molar-refractivity contribution is 7.91. The number of thiazole rings is 1. The zero-order valence-electron chi connectivity index (χ0n) is 12.3. The van der Waals surface area contributed by atoms with Crippen LogP contribution >= 0.6 is 11.3 Å². The van der Waals surface area contributed by atoms with Crippen LogP contribution in [0.1, 0.15) is 42.4 Å². The van der Waals surface area contributed by atoms with Crippen LogP contribution in [0.4, 0.5) is 0 Å². The van der Waals surface area contributed by atoms with Gasteiger partial charge in [-0.25, -0.2) is 13.4 Å². The zero-order valence-corrected chi connectivity index (χ0v) is 13.9. The Morgan fingerprint density at radius 3 is 2.81 bits per heavy atom. The van der Waals surface area contributed by atoms with Gasteiger partial charge >= 0.3 is 0 Å². The second-order valence-electron chi connectivity index (χ2n) is 6.30. The molecule has 0 aromatic carbocycles. The van der Waals surface area contributed by atoms with Crippen molar-refractivity contribution in [3.8, 4) is 0 Å². The van der Waals surface area contributed by atoms with E-state index in [4.69, 9.17) is 0 Å². The fourth-order valence-corrected chi connectivity index (χ4v) is 5.58. The zero-order chi connectivity index (χ0) is 15.1. The average Bonchev–Trinajstić information content (AvgIpc) is 3.03. The first-order valence-electron chi connectivity index (χ1n) is 7.46. The maximum atomic E-state index is 11.5. The molecule has 0 bridgehead atoms. The third-order valence-corrected chi connectivity index (χ3v) is 7.04. The molecule has 2 aliphatic heterocycles. The number of nitrogens with zero attached hydrogens (tertiary/aromatic N) is 2. The molecule has 0 unspecified atom stereocenters. The molecule has 2 fully saturated rings. The lowest BCUT2D eigenvalue weighted by molar-refractivity contribution is -0.00873. The van der Waals surface area contributed by atoms with Crippen molar-refractivity contribution in [1.29, 1.82) is 0 Å². The molecule has 1 aromatic rings. The van der Waals surface area contributed by atoms with E-state index in [1.807, 2.05) is 6.92 Å². The Morgan fingerprint density at radius 1 is 1.48 bits per heavy atom. The maximum Gasteiger partial charge on any atom is 0.150 e. The number of sulfone groups is 1. The number of aliphatic hydroxyl groups is 1. The molecule has 0 aliphatic carbocycles. The quantitative estimate of drug-likeness (QED) is 0.910. The first kappa shape index (κ1) is 15.4. The van der Waals surface area contributed by atoms with Crippen LogP contribution in [0.3, 0.4) is 0 Å². The number of likely N-dealkylation sites (tertiary alicyclic amines) is 1. The van der Waals surface area contributed by atoms with Crippen molar-refractivity contribution in [1.82, 2.24) is 9.88 Å². The fraction of sp³-hybridized carbons (Fsp3) is 0.786. The summed E-state index contributed by atoms with van der Waals surface area (Å²) in [4.78, 5) is 6.87. The number of hydrogen-bond acceptors (Lipinski definition) is 6. The van der Waals surface area contributed by atoms with E-state index in [2.05, 4.69) is 15.3 Å². The molecule has 0 spiro atoms. The molecule has 3 rings (SSSR count). The Kier molecular flexibility index (Phi) is 4.11. The van der Waals surface area contributed by atoms with Crippen molar-refractivity contribution in [2.45, 2.75) is 44.2 Å². The molecule has 2 saturated heterocycles. The van der Waals surface area contributed by atoms with E-state index >= 15 is 0 Å². The summed E-state index contributed by atoms with van der Waals surface area (Å²) in [5.41, 5.74) is 0.237. The highest BCUT2D eigenvalue weighted by Crippen LogP contribution is 2.35. The Morgan fingerprint density at radius 2 is 2.19 bits per heavy atom. The summed E-state index contributed by atoms with van der Waals surface area (Å²) in [6, 6.07) is 0.275. The van der Waals surface area contributed by atoms with Crippen molar-refractivity contribution < 1.29 is 13.5 Å². The third-order valence-electron chi connectivity index (χ3n) is 4.60. The van der Waals surface area contributed by atoms with E-state index in [9.17, 15) is 13.5 Å². The molecule has 1 aromatic heterocycles. The molecular formula is C14H22N2O3S2. The van der Waals surface area contributed by atoms with Crippen LogP contribution in [0.15, 0.2) is 5.38 Å². The van der Waals surface area contributed by atoms with E-state index in [-0.39, 0.29) is 17.5 Å². The summed E-state index contributed by atoms with van der Waals surface area (Å²) >= 11 is 1.66. The molecule has 0 saturated carbocycles. The molecule has 2 aliphatic rings. The Hall–Kier alpha value is -0.500. The lowest BCUT2D eigenvalue weighted by Crippen LogP contribution is -2.48. The van der Waals surface area contributed by atoms with Crippen LogP contribution in [-0.2, 0) is 9.84 Å². The van der Waals surface area contributed by atoms with E-state index in [1.54, 1.807) is 11.3 Å². The van der Waals surface area contributed by atoms with Gasteiger partial charge in [-0.15, -0.1) is 11.3 Å². The first-order chi connectivity index (χ1) is 9.87. The smallest absolute Gasteiger partial charge is 0.150 e. The van der Waals surface area contributed by atoms with Crippen molar-refractivity contribution in [3.63, 3.8) is 0 Å². The summed E-state index contributed by atoms with van der Waals surface area (Å²) in [6.07, 6.45) is 2.89. The molecule has 7 heteroatoms. The van der Waals surface area contributed by atoms with E-state index in [1.165, 1.54) is 0 Å². The number of hydrogen-bond donors (Lipinski definition) is 1. The average molecular weight is 330 g/mol. The summed E-state index contributed by atoms with van der Waals surface area (Å²) in [5, 5.41) is 13.9. The molecule has 0 amide bonds. The van der Waals surface area contributed by atoms with Crippen LogP contribution in [0, 0.1) is 6.92 Å². The van der Waals surface area contributed by atoms with Gasteiger partial charge in [0.2, 0.25) is 0 Å². The third kappa shape index (κ3) is 3.47. The van der Waals surface area contributed by atoms with Crippen LogP contribution in [0.2, 0.25) is 0 Å². The van der Waals surface area contributed by atoms with Gasteiger partial charge in [0.1, 0.15) is 0 Å². The Labute approximate surface area is 129 Å². The number of aryl methyl sites for hydroxylation is 1. The topological polar surface area (TPSA) is 70.5 Å². The Balaban J connectivity index is 1.69. The molecule has 1 atom stereocenters. The number of aromatic nitrogens is 1. The van der Waals surface area contributed by atoms with Crippen LogP contribution in [0.5, 0.6) is 0 Å². The van der Waals surface area contributed by atoms with E-state index in [0.29, 0.717) is 19.4 Å². The maximum absolute atomic E-state index is 11.5. The lowest BCUT2D eigenvalue weighted by Gasteiger charge is -2.37. The van der Waals surface area contributed by atoms with Gasteiger partial charge in [0.05, 0.1) is 33.9 Å². The first-order valence-corrected chi connectivity index (χ1v) is 10.2. The highest BCUT2D eigenvalue weighted by Gasteiger charge is 2.39. The highest BCUT2D eigenvalue weighted by atomic mass is 32.2. The van der Waals surface area contributed by atoms with Crippen LogP contribution in [0.25, 0.3) is 0 Å². The summed E-state index contributed by atoms with van der Waals surface area (Å²) < 4.78 is 23.1. The van der Waals surface area contributed by atoms with Gasteiger partial charge in [-0.1, -0.05) is 0 Å². The van der Waals surface area contributed by atoms with Crippen LogP contribution < -0.4 is 0 Å². The molecule has 1 N–H and O–H groups in total. The second-order valence-corrected chi connectivity index (χ2v) is 9.66. The summed E-state index contributed by atoms with van der Waals surface area (Å²) in [7, 11) is -2.94. The van der Waals surface area contributed by atoms with Gasteiger partial charge < -0.3 is 5.11 Å². The van der Waals surface area contributed by atoms with Crippen molar-refractivity contribution >= 4 is 21.2 Å². The Bertz CT molecular complexity index is 597. The molecule has 5 nitrogen and oxygen atoms in total. The molecule has 21 heavy (non-hydrogen) atoms. The van der Waals surface area contributed by atoms with Gasteiger partial charge in [-0.05, 0) is 39.2 Å². The van der Waals surface area contributed by atoms with Gasteiger partial charge in [-0.3, -0.25) is 4.90 Å². The van der Waals surface area contributed by atoms with E-state index < -0.39 is 15.4 Å². The fourth-order valence-electron chi connectivity index (χ4n) is 3.34. The van der Waals surface area contributed by atoms with Crippen LogP contribution in [-0.4, -0.2) is 53.6 Å². The largest absolute Gasteiger partial charge is 0.388 e. The van der Waals surface area contributed by atoms with Gasteiger partial charge in [-0.2, -0.15) is 0 Å². The minimum atomic E-state index is -2.94. The summed E-state index contributed by atoms with van der Waals surface area (Å²) in [5.74, 6) is 0.218. The molecule has 118 valence electrons. The molecular weight excluding hydrogens is 308 g/mol. The number of rotatable bonds is 3. The second kappa shape index (κ2) is 5.61. The monoisotopic (exact) mass is 330 g/mol.